The second-order valence-electron chi connectivity index (χ2n) is 4.79. The second-order valence-corrected chi connectivity index (χ2v) is 4.79. The van der Waals surface area contributed by atoms with Crippen LogP contribution in [0.25, 0.3) is 0 Å². The molecule has 3 rings (SSSR count). The molecule has 0 saturated heterocycles. The molecule has 0 N–H and O–H groups in total. The fraction of sp³-hybridized carbons (Fsp3) is 0.188. The van der Waals surface area contributed by atoms with Gasteiger partial charge in [-0.05, 0) is 18.2 Å². The van der Waals surface area contributed by atoms with E-state index in [9.17, 15) is 14.4 Å². The molecule has 22 heavy (non-hydrogen) atoms. The Bertz CT molecular complexity index is 827. The maximum absolute atomic E-state index is 12.7. The lowest BCUT2D eigenvalue weighted by Gasteiger charge is -2.18. The van der Waals surface area contributed by atoms with Crippen LogP contribution in [0.15, 0.2) is 22.6 Å². The highest BCUT2D eigenvalue weighted by atomic mass is 16.5. The maximum atomic E-state index is 12.7. The highest BCUT2D eigenvalue weighted by Gasteiger charge is 2.37. The van der Waals surface area contributed by atoms with Crippen LogP contribution in [0.1, 0.15) is 49.5 Å². The van der Waals surface area contributed by atoms with Gasteiger partial charge in [-0.15, -0.1) is 0 Å². The second kappa shape index (κ2) is 4.84. The molecular formula is C16H12O6. The Morgan fingerprint density at radius 1 is 1.05 bits per heavy atom. The number of ketones is 3. The highest BCUT2D eigenvalue weighted by Crippen LogP contribution is 2.39. The molecule has 0 saturated carbocycles. The van der Waals surface area contributed by atoms with Crippen LogP contribution < -0.4 is 9.47 Å². The SMILES string of the molecule is COc1ccc2c(c1OC)C(=O)c1cc(C(C)=O)oc1C2=O. The minimum Gasteiger partial charge on any atom is -0.493 e. The number of rotatable bonds is 3. The molecule has 0 fully saturated rings. The third-order valence-electron chi connectivity index (χ3n) is 3.55. The van der Waals surface area contributed by atoms with Crippen molar-refractivity contribution in [1.29, 1.82) is 0 Å². The van der Waals surface area contributed by atoms with E-state index in [-0.39, 0.29) is 39.7 Å². The fourth-order valence-corrected chi connectivity index (χ4v) is 2.50. The first-order chi connectivity index (χ1) is 10.5. The van der Waals surface area contributed by atoms with Crippen molar-refractivity contribution in [2.24, 2.45) is 0 Å². The summed E-state index contributed by atoms with van der Waals surface area (Å²) in [7, 11) is 2.83. The molecular weight excluding hydrogens is 288 g/mol. The number of ether oxygens (including phenoxy) is 2. The molecule has 0 aliphatic heterocycles. The Morgan fingerprint density at radius 3 is 2.36 bits per heavy atom. The van der Waals surface area contributed by atoms with Gasteiger partial charge in [-0.3, -0.25) is 14.4 Å². The van der Waals surface area contributed by atoms with E-state index in [1.54, 1.807) is 6.07 Å². The Balaban J connectivity index is 2.29. The number of hydrogen-bond acceptors (Lipinski definition) is 6. The number of carbonyl (C=O) groups is 3. The van der Waals surface area contributed by atoms with Crippen LogP contribution >= 0.6 is 0 Å². The van der Waals surface area contributed by atoms with E-state index in [2.05, 4.69) is 0 Å². The van der Waals surface area contributed by atoms with Gasteiger partial charge in [0.25, 0.3) is 0 Å². The van der Waals surface area contributed by atoms with E-state index < -0.39 is 11.6 Å². The zero-order valence-corrected chi connectivity index (χ0v) is 12.2. The molecule has 0 amide bonds. The van der Waals surface area contributed by atoms with Crippen LogP contribution in [-0.4, -0.2) is 31.6 Å². The van der Waals surface area contributed by atoms with Gasteiger partial charge in [0.1, 0.15) is 0 Å². The van der Waals surface area contributed by atoms with Crippen molar-refractivity contribution in [2.45, 2.75) is 6.92 Å². The van der Waals surface area contributed by atoms with Crippen molar-refractivity contribution in [2.75, 3.05) is 14.2 Å². The van der Waals surface area contributed by atoms with Crippen LogP contribution in [-0.2, 0) is 0 Å². The monoisotopic (exact) mass is 300 g/mol. The van der Waals surface area contributed by atoms with Gasteiger partial charge in [0, 0.05) is 12.5 Å². The number of furan rings is 1. The average molecular weight is 300 g/mol. The van der Waals surface area contributed by atoms with Gasteiger partial charge in [0.2, 0.25) is 11.6 Å². The van der Waals surface area contributed by atoms with E-state index in [1.165, 1.54) is 33.3 Å². The van der Waals surface area contributed by atoms with Gasteiger partial charge < -0.3 is 13.9 Å². The minimum atomic E-state index is -0.460. The first-order valence-corrected chi connectivity index (χ1v) is 6.48. The lowest BCUT2D eigenvalue weighted by molar-refractivity contribution is 0.0945. The zero-order chi connectivity index (χ0) is 16.0. The quantitative estimate of drug-likeness (QED) is 0.690. The first-order valence-electron chi connectivity index (χ1n) is 6.48. The van der Waals surface area contributed by atoms with Crippen molar-refractivity contribution < 1.29 is 28.3 Å². The topological polar surface area (TPSA) is 82.8 Å². The van der Waals surface area contributed by atoms with E-state index in [4.69, 9.17) is 13.9 Å². The van der Waals surface area contributed by atoms with Crippen molar-refractivity contribution in [3.8, 4) is 11.5 Å². The molecule has 0 atom stereocenters. The van der Waals surface area contributed by atoms with Crippen molar-refractivity contribution in [3.63, 3.8) is 0 Å². The molecule has 0 spiro atoms. The summed E-state index contributed by atoms with van der Waals surface area (Å²) in [5.41, 5.74) is 0.351. The summed E-state index contributed by atoms with van der Waals surface area (Å²) >= 11 is 0. The van der Waals surface area contributed by atoms with Crippen molar-refractivity contribution >= 4 is 17.3 Å². The average Bonchev–Trinajstić information content (AvgIpc) is 2.97. The van der Waals surface area contributed by atoms with Crippen LogP contribution in [0, 0.1) is 0 Å². The van der Waals surface area contributed by atoms with E-state index in [1.807, 2.05) is 0 Å². The molecule has 6 heteroatoms. The van der Waals surface area contributed by atoms with Crippen LogP contribution in [0.5, 0.6) is 11.5 Å². The number of methoxy groups -OCH3 is 2. The number of Topliss-reactive ketones (excluding diaryl/α,β-unsaturated/α-hetero) is 1. The maximum Gasteiger partial charge on any atom is 0.229 e. The summed E-state index contributed by atoms with van der Waals surface area (Å²) in [6.07, 6.45) is 0. The van der Waals surface area contributed by atoms with Gasteiger partial charge in [-0.2, -0.15) is 0 Å². The molecule has 112 valence electrons. The van der Waals surface area contributed by atoms with Crippen molar-refractivity contribution in [1.82, 2.24) is 0 Å². The Kier molecular flexibility index (Phi) is 3.09. The Hall–Kier alpha value is -2.89. The Morgan fingerprint density at radius 2 is 1.77 bits per heavy atom. The zero-order valence-electron chi connectivity index (χ0n) is 12.2. The summed E-state index contributed by atoms with van der Waals surface area (Å²) in [6, 6.07) is 4.32. The van der Waals surface area contributed by atoms with Crippen LogP contribution in [0.2, 0.25) is 0 Å². The normalized spacial score (nSPS) is 12.7. The number of fused-ring (bicyclic) bond motifs is 2. The Labute approximate surface area is 125 Å². The van der Waals surface area contributed by atoms with E-state index >= 15 is 0 Å². The van der Waals surface area contributed by atoms with Crippen molar-refractivity contribution in [3.05, 3.63) is 46.4 Å². The molecule has 0 bridgehead atoms. The molecule has 2 aromatic rings. The number of benzene rings is 1. The summed E-state index contributed by atoms with van der Waals surface area (Å²) in [6.45, 7) is 1.30. The third-order valence-corrected chi connectivity index (χ3v) is 3.55. The fourth-order valence-electron chi connectivity index (χ4n) is 2.50. The van der Waals surface area contributed by atoms with Gasteiger partial charge in [0.15, 0.2) is 28.8 Å². The summed E-state index contributed by atoms with van der Waals surface area (Å²) < 4.78 is 15.6. The largest absolute Gasteiger partial charge is 0.493 e. The third kappa shape index (κ3) is 1.77. The molecule has 1 aromatic heterocycles. The first kappa shape index (κ1) is 14.1. The van der Waals surface area contributed by atoms with Crippen LogP contribution in [0.3, 0.4) is 0 Å². The van der Waals surface area contributed by atoms with Crippen LogP contribution in [0.4, 0.5) is 0 Å². The highest BCUT2D eigenvalue weighted by molar-refractivity contribution is 6.29. The predicted octanol–water partition coefficient (Wildman–Crippen LogP) is 2.27. The summed E-state index contributed by atoms with van der Waals surface area (Å²) in [5.74, 6) is -0.852. The molecule has 6 nitrogen and oxygen atoms in total. The minimum absolute atomic E-state index is 0.0227. The van der Waals surface area contributed by atoms with Gasteiger partial charge in [0.05, 0.1) is 25.3 Å². The molecule has 1 aliphatic carbocycles. The molecule has 0 radical (unpaired) electrons. The van der Waals surface area contributed by atoms with Gasteiger partial charge >= 0.3 is 0 Å². The standard InChI is InChI=1S/C16H12O6/c1-7(17)11-6-9-13(18)12-8(14(19)15(9)22-11)4-5-10(20-2)16(12)21-3/h4-6H,1-3H3. The smallest absolute Gasteiger partial charge is 0.229 e. The lowest BCUT2D eigenvalue weighted by Crippen LogP contribution is -2.20. The van der Waals surface area contributed by atoms with Gasteiger partial charge in [-0.1, -0.05) is 0 Å². The van der Waals surface area contributed by atoms with Gasteiger partial charge in [-0.25, -0.2) is 0 Å². The molecule has 0 unspecified atom stereocenters. The number of hydrogen-bond donors (Lipinski definition) is 0. The molecule has 1 heterocycles. The predicted molar refractivity (Wildman–Crippen MR) is 75.1 cm³/mol. The molecule has 1 aromatic carbocycles. The molecule has 1 aliphatic rings. The summed E-state index contributed by atoms with van der Waals surface area (Å²) in [5, 5.41) is 0. The summed E-state index contributed by atoms with van der Waals surface area (Å²) in [4.78, 5) is 36.6. The van der Waals surface area contributed by atoms with E-state index in [0.717, 1.165) is 0 Å². The van der Waals surface area contributed by atoms with E-state index in [0.29, 0.717) is 5.75 Å². The lowest BCUT2D eigenvalue weighted by atomic mass is 9.87. The number of carbonyl (C=O) groups excluding carboxylic acids is 3.